The number of hydrogen-bond acceptors (Lipinski definition) is 4. The van der Waals surface area contributed by atoms with E-state index in [4.69, 9.17) is 14.2 Å². The van der Waals surface area contributed by atoms with Crippen LogP contribution in [0.15, 0.2) is 0 Å². The van der Waals surface area contributed by atoms with E-state index in [0.29, 0.717) is 26.2 Å². The summed E-state index contributed by atoms with van der Waals surface area (Å²) in [7, 11) is 0. The minimum atomic E-state index is -0.461. The molecule has 1 unspecified atom stereocenters. The van der Waals surface area contributed by atoms with E-state index < -0.39 is 5.79 Å². The number of carbonyl (C=O) groups is 1. The van der Waals surface area contributed by atoms with Crippen LogP contribution in [-0.4, -0.2) is 31.6 Å². The lowest BCUT2D eigenvalue weighted by molar-refractivity contribution is -0.162. The van der Waals surface area contributed by atoms with E-state index in [-0.39, 0.29) is 11.9 Å². The number of ether oxygens (including phenoxy) is 3. The number of esters is 1. The summed E-state index contributed by atoms with van der Waals surface area (Å²) in [5.74, 6) is -0.603. The Morgan fingerprint density at radius 1 is 1.50 bits per heavy atom. The first-order valence-corrected chi connectivity index (χ1v) is 5.20. The van der Waals surface area contributed by atoms with Crippen molar-refractivity contribution < 1.29 is 19.0 Å². The van der Waals surface area contributed by atoms with Gasteiger partial charge < -0.3 is 14.2 Å². The van der Waals surface area contributed by atoms with E-state index in [1.165, 1.54) is 0 Å². The Morgan fingerprint density at radius 3 is 2.86 bits per heavy atom. The summed E-state index contributed by atoms with van der Waals surface area (Å²) in [6.45, 7) is 3.57. The van der Waals surface area contributed by atoms with Gasteiger partial charge in [-0.15, -0.1) is 0 Å². The molecule has 2 fully saturated rings. The van der Waals surface area contributed by atoms with Gasteiger partial charge in [0, 0.05) is 12.8 Å². The smallest absolute Gasteiger partial charge is 0.309 e. The van der Waals surface area contributed by atoms with Gasteiger partial charge in [0.1, 0.15) is 0 Å². The monoisotopic (exact) mass is 200 g/mol. The summed E-state index contributed by atoms with van der Waals surface area (Å²) in [6, 6.07) is 0. The molecule has 0 aromatic carbocycles. The Labute approximate surface area is 83.5 Å². The largest absolute Gasteiger partial charge is 0.466 e. The molecule has 1 atom stereocenters. The van der Waals surface area contributed by atoms with Crippen molar-refractivity contribution in [3.05, 3.63) is 0 Å². The maximum atomic E-state index is 11.5. The molecule has 0 aromatic rings. The molecule has 1 aliphatic carbocycles. The van der Waals surface area contributed by atoms with Crippen LogP contribution in [0.4, 0.5) is 0 Å². The third kappa shape index (κ3) is 1.77. The van der Waals surface area contributed by atoms with Crippen molar-refractivity contribution in [3.8, 4) is 0 Å². The van der Waals surface area contributed by atoms with Crippen LogP contribution in [0.3, 0.4) is 0 Å². The van der Waals surface area contributed by atoms with Crippen LogP contribution in [0.2, 0.25) is 0 Å². The Bertz CT molecular complexity index is 220. The van der Waals surface area contributed by atoms with Crippen molar-refractivity contribution in [2.45, 2.75) is 32.0 Å². The van der Waals surface area contributed by atoms with Crippen molar-refractivity contribution >= 4 is 5.97 Å². The van der Waals surface area contributed by atoms with Crippen molar-refractivity contribution in [2.75, 3.05) is 19.8 Å². The van der Waals surface area contributed by atoms with E-state index >= 15 is 0 Å². The molecule has 0 aromatic heterocycles. The molecule has 0 bridgehead atoms. The van der Waals surface area contributed by atoms with Gasteiger partial charge >= 0.3 is 5.97 Å². The molecular weight excluding hydrogens is 184 g/mol. The molecule has 1 spiro atoms. The quantitative estimate of drug-likeness (QED) is 0.626. The van der Waals surface area contributed by atoms with Crippen LogP contribution in [0.25, 0.3) is 0 Å². The normalized spacial score (nSPS) is 29.6. The van der Waals surface area contributed by atoms with Gasteiger partial charge in [0.15, 0.2) is 5.79 Å². The third-order valence-electron chi connectivity index (χ3n) is 2.86. The van der Waals surface area contributed by atoms with Crippen LogP contribution in [0.5, 0.6) is 0 Å². The average Bonchev–Trinajstić information content (AvgIpc) is 2.78. The third-order valence-corrected chi connectivity index (χ3v) is 2.86. The fourth-order valence-electron chi connectivity index (χ4n) is 2.19. The predicted molar refractivity (Wildman–Crippen MR) is 48.6 cm³/mol. The average molecular weight is 200 g/mol. The first-order valence-electron chi connectivity index (χ1n) is 5.20. The molecule has 1 aliphatic heterocycles. The molecule has 4 nitrogen and oxygen atoms in total. The molecule has 1 saturated carbocycles. The zero-order chi connectivity index (χ0) is 10.0. The summed E-state index contributed by atoms with van der Waals surface area (Å²) in [4.78, 5) is 11.5. The molecule has 0 N–H and O–H groups in total. The second kappa shape index (κ2) is 3.87. The molecule has 0 radical (unpaired) electrons. The maximum Gasteiger partial charge on any atom is 0.309 e. The molecular formula is C10H16O4. The van der Waals surface area contributed by atoms with Crippen LogP contribution in [-0.2, 0) is 19.0 Å². The molecule has 1 saturated heterocycles. The van der Waals surface area contributed by atoms with Crippen molar-refractivity contribution in [3.63, 3.8) is 0 Å². The lowest BCUT2D eigenvalue weighted by Gasteiger charge is -2.20. The first kappa shape index (κ1) is 9.93. The summed E-state index contributed by atoms with van der Waals surface area (Å²) in [5, 5.41) is 0. The van der Waals surface area contributed by atoms with E-state index in [0.717, 1.165) is 12.8 Å². The molecule has 2 rings (SSSR count). The fraction of sp³-hybridized carbons (Fsp3) is 0.900. The zero-order valence-corrected chi connectivity index (χ0v) is 8.45. The summed E-state index contributed by atoms with van der Waals surface area (Å²) in [6.07, 6.45) is 2.29. The van der Waals surface area contributed by atoms with Crippen molar-refractivity contribution in [1.29, 1.82) is 0 Å². The Morgan fingerprint density at radius 2 is 2.21 bits per heavy atom. The highest BCUT2D eigenvalue weighted by molar-refractivity contribution is 5.72. The minimum absolute atomic E-state index is 0.0342. The van der Waals surface area contributed by atoms with Gasteiger partial charge in [-0.3, -0.25) is 4.79 Å². The van der Waals surface area contributed by atoms with Crippen LogP contribution >= 0.6 is 0 Å². The van der Waals surface area contributed by atoms with Crippen molar-refractivity contribution in [1.82, 2.24) is 0 Å². The van der Waals surface area contributed by atoms with Crippen molar-refractivity contribution in [2.24, 2.45) is 5.92 Å². The maximum absolute atomic E-state index is 11.5. The van der Waals surface area contributed by atoms with E-state index in [2.05, 4.69) is 0 Å². The fourth-order valence-corrected chi connectivity index (χ4v) is 2.19. The molecule has 2 aliphatic rings. The number of rotatable bonds is 2. The van der Waals surface area contributed by atoms with Crippen LogP contribution in [0, 0.1) is 5.92 Å². The van der Waals surface area contributed by atoms with E-state index in [1.54, 1.807) is 0 Å². The van der Waals surface area contributed by atoms with Gasteiger partial charge in [-0.2, -0.15) is 0 Å². The zero-order valence-electron chi connectivity index (χ0n) is 8.45. The van der Waals surface area contributed by atoms with Gasteiger partial charge in [0.2, 0.25) is 0 Å². The standard InChI is InChI=1S/C10H16O4/c1-2-12-9(11)8-3-4-10(7-8)13-5-6-14-10/h8H,2-7H2,1H3. The van der Waals surface area contributed by atoms with E-state index in [1.807, 2.05) is 6.92 Å². The predicted octanol–water partition coefficient (Wildman–Crippen LogP) is 1.09. The molecule has 4 heteroatoms. The summed E-state index contributed by atoms with van der Waals surface area (Å²) >= 11 is 0. The second-order valence-corrected chi connectivity index (χ2v) is 3.80. The number of hydrogen-bond donors (Lipinski definition) is 0. The van der Waals surface area contributed by atoms with Gasteiger partial charge in [-0.25, -0.2) is 0 Å². The second-order valence-electron chi connectivity index (χ2n) is 3.80. The Balaban J connectivity index is 1.90. The minimum Gasteiger partial charge on any atom is -0.466 e. The lowest BCUT2D eigenvalue weighted by Crippen LogP contribution is -2.27. The SMILES string of the molecule is CCOC(=O)C1CCC2(C1)OCCO2. The highest BCUT2D eigenvalue weighted by atomic mass is 16.7. The van der Waals surface area contributed by atoms with E-state index in [9.17, 15) is 4.79 Å². The summed E-state index contributed by atoms with van der Waals surface area (Å²) < 4.78 is 16.0. The molecule has 1 heterocycles. The van der Waals surface area contributed by atoms with Gasteiger partial charge in [-0.1, -0.05) is 0 Å². The summed E-state index contributed by atoms with van der Waals surface area (Å²) in [5.41, 5.74) is 0. The lowest BCUT2D eigenvalue weighted by atomic mass is 10.1. The first-order chi connectivity index (χ1) is 6.76. The van der Waals surface area contributed by atoms with Crippen LogP contribution < -0.4 is 0 Å². The molecule has 80 valence electrons. The molecule has 14 heavy (non-hydrogen) atoms. The van der Waals surface area contributed by atoms with Gasteiger partial charge in [-0.05, 0) is 13.3 Å². The Hall–Kier alpha value is -0.610. The molecule has 0 amide bonds. The van der Waals surface area contributed by atoms with Crippen LogP contribution in [0.1, 0.15) is 26.2 Å². The topological polar surface area (TPSA) is 44.8 Å². The Kier molecular flexibility index (Phi) is 2.74. The highest BCUT2D eigenvalue weighted by Gasteiger charge is 2.46. The van der Waals surface area contributed by atoms with Gasteiger partial charge in [0.25, 0.3) is 0 Å². The van der Waals surface area contributed by atoms with Gasteiger partial charge in [0.05, 0.1) is 25.7 Å². The highest BCUT2D eigenvalue weighted by Crippen LogP contribution is 2.41. The number of carbonyl (C=O) groups excluding carboxylic acids is 1.